The van der Waals surface area contributed by atoms with Crippen LogP contribution < -0.4 is 0 Å². The second kappa shape index (κ2) is 21.5. The third-order valence-electron chi connectivity index (χ3n) is 8.74. The first-order chi connectivity index (χ1) is 23.1. The van der Waals surface area contributed by atoms with Crippen LogP contribution in [-0.4, -0.2) is 61.7 Å². The normalized spacial score (nSPS) is 17.7. The molecule has 4 rings (SSSR count). The number of hydrogen-bond donors (Lipinski definition) is 2. The van der Waals surface area contributed by atoms with E-state index in [-0.39, 0.29) is 50.5 Å². The quantitative estimate of drug-likeness (QED) is 0.227. The van der Waals surface area contributed by atoms with E-state index < -0.39 is 0 Å². The molecule has 1 saturated heterocycles. The van der Waals surface area contributed by atoms with Crippen LogP contribution in [0.4, 0.5) is 0 Å². The van der Waals surface area contributed by atoms with E-state index in [4.69, 9.17) is 14.7 Å². The number of epoxide rings is 1. The molecule has 2 atom stereocenters. The van der Waals surface area contributed by atoms with Gasteiger partial charge in [-0.2, -0.15) is 0 Å². The molecular weight excluding hydrogens is 679 g/mol. The monoisotopic (exact) mass is 753 g/mol. The molecule has 0 aromatic heterocycles. The second-order valence-corrected chi connectivity index (χ2v) is 17.5. The van der Waals surface area contributed by atoms with Crippen molar-refractivity contribution in [3.63, 3.8) is 0 Å². The molecule has 1 heterocycles. The van der Waals surface area contributed by atoms with Gasteiger partial charge in [0.05, 0.1) is 25.3 Å². The second-order valence-electron chi connectivity index (χ2n) is 17.5. The molecule has 2 unspecified atom stereocenters. The zero-order chi connectivity index (χ0) is 38.5. The summed E-state index contributed by atoms with van der Waals surface area (Å²) >= 11 is 0. The van der Waals surface area contributed by atoms with Gasteiger partial charge >= 0.3 is 0 Å². The minimum atomic E-state index is -0.179. The topological polar surface area (TPSA) is 86.9 Å². The maximum Gasteiger partial charge on any atom is 0.128 e. The number of phenolic OH excluding ortho intramolecular Hbond substituents is 2. The first kappa shape index (κ1) is 48.8. The summed E-state index contributed by atoms with van der Waals surface area (Å²) < 4.78 is 9.19. The largest absolute Gasteiger partial charge is 0.507 e. The van der Waals surface area contributed by atoms with Gasteiger partial charge in [-0.1, -0.05) is 129 Å². The van der Waals surface area contributed by atoms with Gasteiger partial charge in [0.1, 0.15) is 11.5 Å². The summed E-state index contributed by atoms with van der Waals surface area (Å²) in [4.78, 5) is 10.1. The van der Waals surface area contributed by atoms with Crippen molar-refractivity contribution in [2.45, 2.75) is 170 Å². The van der Waals surface area contributed by atoms with E-state index in [0.717, 1.165) is 74.2 Å². The fourth-order valence-electron chi connectivity index (χ4n) is 5.52. The number of benzene rings is 2. The fourth-order valence-corrected chi connectivity index (χ4v) is 5.52. The fraction of sp³-hybridized carbons (Fsp3) is 0.682. The molecule has 1 aliphatic heterocycles. The number of phenols is 2. The molecule has 51 heavy (non-hydrogen) atoms. The van der Waals surface area contributed by atoms with Crippen molar-refractivity contribution in [2.24, 2.45) is 9.98 Å². The van der Waals surface area contributed by atoms with E-state index >= 15 is 0 Å². The Morgan fingerprint density at radius 2 is 1.00 bits per heavy atom. The minimum absolute atomic E-state index is 0. The molecule has 1 radical (unpaired) electrons. The molecule has 293 valence electrons. The van der Waals surface area contributed by atoms with Crippen LogP contribution in [0.25, 0.3) is 0 Å². The van der Waals surface area contributed by atoms with E-state index in [1.165, 1.54) is 11.1 Å². The average molecular weight is 754 g/mol. The molecule has 2 aromatic carbocycles. The van der Waals surface area contributed by atoms with Crippen LogP contribution in [-0.2, 0) is 47.9 Å². The van der Waals surface area contributed by atoms with Crippen LogP contribution >= 0.6 is 0 Å². The molecule has 1 aliphatic carbocycles. The molecule has 2 aliphatic rings. The SMILES string of the molecule is C1CO1.CC.CC(C)(C)c1cc(C=NC2CCCCC2N=Cc2cc(C(C)(C)C)cc(C(C)(C)C)c2O)c(O)c(C(C)(C)C)c1.CCCOC.[Co]. The van der Waals surface area contributed by atoms with E-state index in [0.29, 0.717) is 11.5 Å². The Hall–Kier alpha value is -2.19. The van der Waals surface area contributed by atoms with E-state index in [1.807, 2.05) is 26.3 Å². The van der Waals surface area contributed by atoms with E-state index in [9.17, 15) is 10.2 Å². The van der Waals surface area contributed by atoms with Gasteiger partial charge in [-0.15, -0.1) is 0 Å². The number of nitrogens with zero attached hydrogens (tertiary/aromatic N) is 2. The maximum atomic E-state index is 11.2. The van der Waals surface area contributed by atoms with Crippen molar-refractivity contribution in [3.8, 4) is 11.5 Å². The molecule has 7 heteroatoms. The number of hydrogen-bond acceptors (Lipinski definition) is 6. The maximum absolute atomic E-state index is 11.2. The van der Waals surface area contributed by atoms with Crippen LogP contribution in [0.5, 0.6) is 11.5 Å². The summed E-state index contributed by atoms with van der Waals surface area (Å²) in [6.07, 6.45) is 9.03. The van der Waals surface area contributed by atoms with Gasteiger partial charge in [-0.3, -0.25) is 9.98 Å². The van der Waals surface area contributed by atoms with Crippen LogP contribution in [0, 0.1) is 0 Å². The van der Waals surface area contributed by atoms with Crippen LogP contribution in [0.15, 0.2) is 34.3 Å². The summed E-state index contributed by atoms with van der Waals surface area (Å²) in [6, 6.07) is 8.53. The van der Waals surface area contributed by atoms with Gasteiger partial charge in [0.15, 0.2) is 0 Å². The van der Waals surface area contributed by atoms with E-state index in [1.54, 1.807) is 7.11 Å². The predicted octanol–water partition coefficient (Wildman–Crippen LogP) is 11.2. The number of aliphatic imine (C=N–C) groups is 2. The van der Waals surface area contributed by atoms with Gasteiger partial charge in [-0.25, -0.2) is 0 Å². The number of aromatic hydroxyl groups is 2. The zero-order valence-electron chi connectivity index (χ0n) is 35.2. The Kier molecular flexibility index (Phi) is 20.6. The van der Waals surface area contributed by atoms with Crippen molar-refractivity contribution in [2.75, 3.05) is 26.9 Å². The molecule has 0 amide bonds. The number of rotatable bonds is 6. The Morgan fingerprint density at radius 3 is 1.22 bits per heavy atom. The third-order valence-corrected chi connectivity index (χ3v) is 8.74. The molecule has 1 saturated carbocycles. The van der Waals surface area contributed by atoms with Gasteiger partial charge < -0.3 is 19.7 Å². The van der Waals surface area contributed by atoms with Crippen molar-refractivity contribution in [1.82, 2.24) is 0 Å². The summed E-state index contributed by atoms with van der Waals surface area (Å²) in [5.74, 6) is 0.637. The summed E-state index contributed by atoms with van der Waals surface area (Å²) in [5, 5.41) is 22.5. The van der Waals surface area contributed by atoms with Crippen molar-refractivity contribution in [3.05, 3.63) is 57.6 Å². The predicted molar refractivity (Wildman–Crippen MR) is 217 cm³/mol. The Labute approximate surface area is 323 Å². The van der Waals surface area contributed by atoms with Crippen LogP contribution in [0.1, 0.15) is 169 Å². The van der Waals surface area contributed by atoms with Gasteiger partial charge in [-0.05, 0) is 64.2 Å². The van der Waals surface area contributed by atoms with Crippen LogP contribution in [0.3, 0.4) is 0 Å². The van der Waals surface area contributed by atoms with Gasteiger partial charge in [0.25, 0.3) is 0 Å². The standard InChI is InChI=1S/C36H54N2O2.C4H10O.C2H4O.C2H6.Co/c1-33(2,3)25-17-23(31(39)27(19-25)35(7,8)9)21-37-29-15-13-14-16-30(29)38-22-24-18-26(34(4,5)6)20-28(32(24)40)36(10,11)12;1-3-4-5-2;1-2-3-1;1-2;/h17-22,29-30,39-40H,13-16H2,1-12H3;3-4H2,1-2H3;1-2H2;1-2H3;. The Bertz CT molecular complexity index is 1270. The van der Waals surface area contributed by atoms with E-state index in [2.05, 4.69) is 119 Å². The summed E-state index contributed by atoms with van der Waals surface area (Å²) in [5.41, 5.74) is 5.39. The zero-order valence-corrected chi connectivity index (χ0v) is 36.3. The number of ether oxygens (including phenoxy) is 2. The first-order valence-corrected chi connectivity index (χ1v) is 19.0. The smallest absolute Gasteiger partial charge is 0.128 e. The molecule has 0 bridgehead atoms. The van der Waals surface area contributed by atoms with Crippen molar-refractivity contribution in [1.29, 1.82) is 0 Å². The summed E-state index contributed by atoms with van der Waals surface area (Å²) in [6.45, 7) is 35.0. The first-order valence-electron chi connectivity index (χ1n) is 19.0. The Morgan fingerprint density at radius 1 is 0.667 bits per heavy atom. The molecule has 2 aromatic rings. The molecule has 6 nitrogen and oxygen atoms in total. The average Bonchev–Trinajstić information content (AvgIpc) is 3.90. The summed E-state index contributed by atoms with van der Waals surface area (Å²) in [7, 11) is 1.71. The van der Waals surface area contributed by atoms with Gasteiger partial charge in [0, 0.05) is 65.2 Å². The van der Waals surface area contributed by atoms with Crippen molar-refractivity contribution < 1.29 is 36.5 Å². The minimum Gasteiger partial charge on any atom is -0.507 e. The van der Waals surface area contributed by atoms with Crippen molar-refractivity contribution >= 4 is 12.4 Å². The Balaban J connectivity index is 0.00000199. The molecule has 2 N–H and O–H groups in total. The number of methoxy groups -OCH3 is 1. The van der Waals surface area contributed by atoms with Gasteiger partial charge in [0.2, 0.25) is 0 Å². The van der Waals surface area contributed by atoms with Crippen LogP contribution in [0.2, 0.25) is 0 Å². The molecule has 2 fully saturated rings. The third kappa shape index (κ3) is 16.6. The molecular formula is C44H74CoN2O4. The molecule has 0 spiro atoms.